The maximum Gasteiger partial charge on any atom is 0.227 e. The lowest BCUT2D eigenvalue weighted by Crippen LogP contribution is -1.89. The Morgan fingerprint density at radius 3 is 3.06 bits per heavy atom. The Morgan fingerprint density at radius 1 is 1.41 bits per heavy atom. The molecule has 2 aromatic rings. The third-order valence-corrected chi connectivity index (χ3v) is 2.97. The van der Waals surface area contributed by atoms with Crippen LogP contribution in [0.3, 0.4) is 0 Å². The van der Waals surface area contributed by atoms with Crippen molar-refractivity contribution >= 4 is 11.8 Å². The molecule has 0 saturated carbocycles. The van der Waals surface area contributed by atoms with Crippen molar-refractivity contribution in [2.75, 3.05) is 12.0 Å². The van der Waals surface area contributed by atoms with Crippen LogP contribution in [0.2, 0.25) is 0 Å². The summed E-state index contributed by atoms with van der Waals surface area (Å²) in [6.45, 7) is 0.0189. The SMILES string of the molecule is CSCCc1nc(-c2cccc(CO)c2)no1. The quantitative estimate of drug-likeness (QED) is 0.881. The number of benzene rings is 1. The third kappa shape index (κ3) is 3.08. The van der Waals surface area contributed by atoms with Crippen molar-refractivity contribution in [1.82, 2.24) is 10.1 Å². The van der Waals surface area contributed by atoms with E-state index >= 15 is 0 Å². The zero-order valence-corrected chi connectivity index (χ0v) is 10.4. The molecule has 0 unspecified atom stereocenters. The lowest BCUT2D eigenvalue weighted by molar-refractivity contribution is 0.282. The molecule has 1 N–H and O–H groups in total. The summed E-state index contributed by atoms with van der Waals surface area (Å²) in [7, 11) is 0. The van der Waals surface area contributed by atoms with Crippen LogP contribution in [0.5, 0.6) is 0 Å². The molecule has 0 bridgehead atoms. The molecule has 0 atom stereocenters. The lowest BCUT2D eigenvalue weighted by Gasteiger charge is -1.97. The Morgan fingerprint density at radius 2 is 2.29 bits per heavy atom. The molecule has 4 nitrogen and oxygen atoms in total. The van der Waals surface area contributed by atoms with Crippen molar-refractivity contribution in [2.45, 2.75) is 13.0 Å². The number of aliphatic hydroxyl groups is 1. The van der Waals surface area contributed by atoms with E-state index in [1.165, 1.54) is 0 Å². The van der Waals surface area contributed by atoms with Gasteiger partial charge in [0.2, 0.25) is 11.7 Å². The second-order valence-electron chi connectivity index (χ2n) is 3.61. The van der Waals surface area contributed by atoms with Crippen LogP contribution in [0, 0.1) is 0 Å². The van der Waals surface area contributed by atoms with Gasteiger partial charge in [0.25, 0.3) is 0 Å². The fourth-order valence-corrected chi connectivity index (χ4v) is 1.85. The van der Waals surface area contributed by atoms with Crippen LogP contribution in [0.1, 0.15) is 11.5 Å². The normalized spacial score (nSPS) is 10.7. The topological polar surface area (TPSA) is 59.2 Å². The number of hydrogen-bond donors (Lipinski definition) is 1. The highest BCUT2D eigenvalue weighted by molar-refractivity contribution is 7.98. The first kappa shape index (κ1) is 12.1. The zero-order valence-electron chi connectivity index (χ0n) is 9.59. The first-order valence-corrected chi connectivity index (χ1v) is 6.74. The molecule has 0 fully saturated rings. The molecule has 1 heterocycles. The van der Waals surface area contributed by atoms with Gasteiger partial charge in [-0.25, -0.2) is 0 Å². The van der Waals surface area contributed by atoms with Gasteiger partial charge in [0.15, 0.2) is 0 Å². The maximum absolute atomic E-state index is 9.06. The van der Waals surface area contributed by atoms with Gasteiger partial charge < -0.3 is 9.63 Å². The molecule has 0 aliphatic carbocycles. The molecule has 1 aromatic carbocycles. The van der Waals surface area contributed by atoms with Crippen molar-refractivity contribution in [2.24, 2.45) is 0 Å². The summed E-state index contributed by atoms with van der Waals surface area (Å²) < 4.78 is 5.16. The number of nitrogens with zero attached hydrogens (tertiary/aromatic N) is 2. The molecule has 0 amide bonds. The molecule has 90 valence electrons. The Balaban J connectivity index is 2.18. The van der Waals surface area contributed by atoms with Crippen molar-refractivity contribution in [3.63, 3.8) is 0 Å². The van der Waals surface area contributed by atoms with E-state index in [0.29, 0.717) is 11.7 Å². The highest BCUT2D eigenvalue weighted by Gasteiger charge is 2.08. The number of thioether (sulfide) groups is 1. The second kappa shape index (κ2) is 5.84. The van der Waals surface area contributed by atoms with Crippen molar-refractivity contribution in [3.8, 4) is 11.4 Å². The number of aliphatic hydroxyl groups excluding tert-OH is 1. The van der Waals surface area contributed by atoms with Crippen LogP contribution in [-0.2, 0) is 13.0 Å². The van der Waals surface area contributed by atoms with Gasteiger partial charge in [-0.3, -0.25) is 0 Å². The van der Waals surface area contributed by atoms with Crippen LogP contribution in [-0.4, -0.2) is 27.3 Å². The Kier molecular flexibility index (Phi) is 4.17. The van der Waals surface area contributed by atoms with Crippen molar-refractivity contribution in [1.29, 1.82) is 0 Å². The predicted molar refractivity (Wildman–Crippen MR) is 67.7 cm³/mol. The van der Waals surface area contributed by atoms with E-state index in [1.54, 1.807) is 11.8 Å². The molecule has 1 aromatic heterocycles. The molecule has 0 aliphatic rings. The molecular formula is C12H14N2O2S. The van der Waals surface area contributed by atoms with Gasteiger partial charge in [0.05, 0.1) is 6.61 Å². The Labute approximate surface area is 104 Å². The van der Waals surface area contributed by atoms with E-state index in [-0.39, 0.29) is 6.61 Å². The fourth-order valence-electron chi connectivity index (χ4n) is 1.47. The standard InChI is InChI=1S/C12H14N2O2S/c1-17-6-5-11-13-12(14-16-11)10-4-2-3-9(7-10)8-15/h2-4,7,15H,5-6,8H2,1H3. The fraction of sp³-hybridized carbons (Fsp3) is 0.333. The van der Waals surface area contributed by atoms with Crippen molar-refractivity contribution in [3.05, 3.63) is 35.7 Å². The average molecular weight is 250 g/mol. The highest BCUT2D eigenvalue weighted by atomic mass is 32.2. The van der Waals surface area contributed by atoms with Crippen LogP contribution < -0.4 is 0 Å². The van der Waals surface area contributed by atoms with Gasteiger partial charge in [-0.2, -0.15) is 16.7 Å². The van der Waals surface area contributed by atoms with Crippen LogP contribution in [0.4, 0.5) is 0 Å². The number of aromatic nitrogens is 2. The Hall–Kier alpha value is -1.33. The van der Waals surface area contributed by atoms with E-state index in [2.05, 4.69) is 10.1 Å². The lowest BCUT2D eigenvalue weighted by atomic mass is 10.1. The molecule has 2 rings (SSSR count). The van der Waals surface area contributed by atoms with Crippen LogP contribution in [0.15, 0.2) is 28.8 Å². The minimum absolute atomic E-state index is 0.0189. The molecule has 0 spiro atoms. The average Bonchev–Trinajstić information content (AvgIpc) is 2.85. The van der Waals surface area contributed by atoms with Crippen molar-refractivity contribution < 1.29 is 9.63 Å². The first-order chi connectivity index (χ1) is 8.33. The van der Waals surface area contributed by atoms with E-state index in [9.17, 15) is 0 Å². The number of aryl methyl sites for hydroxylation is 1. The molecule has 0 aliphatic heterocycles. The van der Waals surface area contributed by atoms with Gasteiger partial charge in [-0.05, 0) is 17.9 Å². The molecule has 5 heteroatoms. The van der Waals surface area contributed by atoms with Gasteiger partial charge in [0.1, 0.15) is 0 Å². The smallest absolute Gasteiger partial charge is 0.227 e. The van der Waals surface area contributed by atoms with E-state index < -0.39 is 0 Å². The first-order valence-electron chi connectivity index (χ1n) is 5.35. The predicted octanol–water partition coefficient (Wildman–Crippen LogP) is 2.13. The molecule has 0 radical (unpaired) electrons. The maximum atomic E-state index is 9.06. The molecule has 0 saturated heterocycles. The molecule has 17 heavy (non-hydrogen) atoms. The summed E-state index contributed by atoms with van der Waals surface area (Å²) in [5.74, 6) is 2.21. The van der Waals surface area contributed by atoms with Crippen LogP contribution in [0.25, 0.3) is 11.4 Å². The molecular weight excluding hydrogens is 236 g/mol. The van der Waals surface area contributed by atoms with E-state index in [1.807, 2.05) is 30.5 Å². The summed E-state index contributed by atoms with van der Waals surface area (Å²) in [4.78, 5) is 4.32. The second-order valence-corrected chi connectivity index (χ2v) is 4.60. The van der Waals surface area contributed by atoms with Gasteiger partial charge in [-0.1, -0.05) is 23.4 Å². The minimum Gasteiger partial charge on any atom is -0.392 e. The van der Waals surface area contributed by atoms with E-state index in [4.69, 9.17) is 9.63 Å². The van der Waals surface area contributed by atoms with Gasteiger partial charge in [0, 0.05) is 17.7 Å². The summed E-state index contributed by atoms with van der Waals surface area (Å²) in [6.07, 6.45) is 2.83. The Bertz CT molecular complexity index is 485. The largest absolute Gasteiger partial charge is 0.392 e. The minimum atomic E-state index is 0.0189. The van der Waals surface area contributed by atoms with Gasteiger partial charge in [-0.15, -0.1) is 0 Å². The van der Waals surface area contributed by atoms with Gasteiger partial charge >= 0.3 is 0 Å². The summed E-state index contributed by atoms with van der Waals surface area (Å²) in [5, 5.41) is 13.0. The summed E-state index contributed by atoms with van der Waals surface area (Å²) in [6, 6.07) is 7.50. The third-order valence-electron chi connectivity index (χ3n) is 2.36. The summed E-state index contributed by atoms with van der Waals surface area (Å²) >= 11 is 1.75. The number of hydrogen-bond acceptors (Lipinski definition) is 5. The monoisotopic (exact) mass is 250 g/mol. The van der Waals surface area contributed by atoms with Crippen LogP contribution >= 0.6 is 11.8 Å². The highest BCUT2D eigenvalue weighted by Crippen LogP contribution is 2.17. The summed E-state index contributed by atoms with van der Waals surface area (Å²) in [5.41, 5.74) is 1.72. The number of rotatable bonds is 5. The van der Waals surface area contributed by atoms with E-state index in [0.717, 1.165) is 23.3 Å². The zero-order chi connectivity index (χ0) is 12.1.